The Morgan fingerprint density at radius 1 is 1.44 bits per heavy atom. The lowest BCUT2D eigenvalue weighted by atomic mass is 10.5. The summed E-state index contributed by atoms with van der Waals surface area (Å²) < 4.78 is 5.57. The second kappa shape index (κ2) is 6.27. The van der Waals surface area contributed by atoms with E-state index >= 15 is 0 Å². The van der Waals surface area contributed by atoms with Crippen molar-refractivity contribution in [2.24, 2.45) is 0 Å². The van der Waals surface area contributed by atoms with Crippen LogP contribution in [0.2, 0.25) is 9.49 Å². The molecule has 0 fully saturated rings. The van der Waals surface area contributed by atoms with Gasteiger partial charge in [-0.3, -0.25) is 4.79 Å². The molecule has 1 heterocycles. The molecule has 1 amide bonds. The maximum Gasteiger partial charge on any atom is 0.276 e. The van der Waals surface area contributed by atoms with Crippen LogP contribution in [0.4, 0.5) is 0 Å². The topological polar surface area (TPSA) is 42.4 Å². The molecule has 0 spiro atoms. The summed E-state index contributed by atoms with van der Waals surface area (Å²) in [5.74, 6) is -0.0764. The lowest BCUT2D eigenvalue weighted by Gasteiger charge is -2.17. The fourth-order valence-electron chi connectivity index (χ4n) is 1.12. The summed E-state index contributed by atoms with van der Waals surface area (Å²) in [5.41, 5.74) is 0. The van der Waals surface area contributed by atoms with Gasteiger partial charge in [-0.15, -0.1) is 0 Å². The van der Waals surface area contributed by atoms with Gasteiger partial charge in [0.1, 0.15) is 4.34 Å². The molecule has 0 aliphatic heterocycles. The van der Waals surface area contributed by atoms with E-state index in [0.29, 0.717) is 22.6 Å². The van der Waals surface area contributed by atoms with Crippen molar-refractivity contribution >= 4 is 40.4 Å². The molecule has 90 valence electrons. The van der Waals surface area contributed by atoms with E-state index in [1.165, 1.54) is 0 Å². The fourth-order valence-corrected chi connectivity index (χ4v) is 2.14. The number of carbonyl (C=O) groups excluding carboxylic acids is 1. The molecule has 4 nitrogen and oxygen atoms in total. The molecule has 0 unspecified atom stereocenters. The molecule has 0 bridgehead atoms. The van der Waals surface area contributed by atoms with E-state index in [1.54, 1.807) is 4.90 Å². The molecule has 0 saturated heterocycles. The molecule has 0 aliphatic carbocycles. The van der Waals surface area contributed by atoms with E-state index in [2.05, 4.69) is 4.98 Å². The average molecular weight is 283 g/mol. The summed E-state index contributed by atoms with van der Waals surface area (Å²) in [6.45, 7) is 5.12. The van der Waals surface area contributed by atoms with Crippen LogP contribution in [0.15, 0.2) is 0 Å². The van der Waals surface area contributed by atoms with Gasteiger partial charge in [-0.1, -0.05) is 34.5 Å². The fraction of sp³-hybridized carbons (Fsp3) is 0.556. The van der Waals surface area contributed by atoms with Crippen molar-refractivity contribution in [1.29, 1.82) is 0 Å². The van der Waals surface area contributed by atoms with Gasteiger partial charge in [0.05, 0.1) is 0 Å². The third kappa shape index (κ3) is 3.50. The number of nitrogens with zero attached hydrogens (tertiary/aromatic N) is 2. The first kappa shape index (κ1) is 13.5. The molecular weight excluding hydrogens is 271 g/mol. The Labute approximate surface area is 108 Å². The van der Waals surface area contributed by atoms with Gasteiger partial charge in [-0.25, -0.2) is 0 Å². The van der Waals surface area contributed by atoms with Crippen LogP contribution in [0, 0.1) is 0 Å². The minimum absolute atomic E-state index is 0.0398. The molecule has 16 heavy (non-hydrogen) atoms. The maximum absolute atomic E-state index is 11.6. The number of ether oxygens (including phenoxy) is 1. The Hall–Kier alpha value is -0.520. The van der Waals surface area contributed by atoms with Crippen molar-refractivity contribution in [3.05, 3.63) is 9.49 Å². The summed E-state index contributed by atoms with van der Waals surface area (Å²) in [6.07, 6.45) is 0. The molecule has 1 aromatic rings. The summed E-state index contributed by atoms with van der Waals surface area (Å²) in [7, 11) is 0. The van der Waals surface area contributed by atoms with Crippen molar-refractivity contribution in [3.63, 3.8) is 0 Å². The number of amides is 1. The smallest absolute Gasteiger partial charge is 0.276 e. The molecule has 0 atom stereocenters. The average Bonchev–Trinajstić information content (AvgIpc) is 2.57. The predicted octanol–water partition coefficient (Wildman–Crippen LogP) is 2.70. The first-order chi connectivity index (χ1) is 7.58. The van der Waals surface area contributed by atoms with Crippen molar-refractivity contribution in [3.8, 4) is 5.19 Å². The van der Waals surface area contributed by atoms with Crippen LogP contribution in [0.25, 0.3) is 0 Å². The largest absolute Gasteiger partial charge is 0.460 e. The Kier molecular flexibility index (Phi) is 5.31. The van der Waals surface area contributed by atoms with Crippen LogP contribution in [0.3, 0.4) is 0 Å². The van der Waals surface area contributed by atoms with E-state index < -0.39 is 0 Å². The lowest BCUT2D eigenvalue weighted by molar-refractivity contribution is -0.132. The number of carbonyl (C=O) groups is 1. The normalized spacial score (nSPS) is 10.2. The van der Waals surface area contributed by atoms with Gasteiger partial charge in [0, 0.05) is 13.1 Å². The Bertz CT molecular complexity index is 347. The van der Waals surface area contributed by atoms with E-state index in [4.69, 9.17) is 27.9 Å². The van der Waals surface area contributed by atoms with Gasteiger partial charge in [0.25, 0.3) is 11.1 Å². The van der Waals surface area contributed by atoms with Crippen LogP contribution in [0.5, 0.6) is 5.19 Å². The van der Waals surface area contributed by atoms with Gasteiger partial charge < -0.3 is 9.64 Å². The Morgan fingerprint density at radius 2 is 2.06 bits per heavy atom. The SMILES string of the molecule is CCN(CC)C(=O)COc1nc(Cl)c(Cl)s1. The van der Waals surface area contributed by atoms with E-state index in [0.717, 1.165) is 11.3 Å². The number of rotatable bonds is 5. The molecule has 0 N–H and O–H groups in total. The Morgan fingerprint density at radius 3 is 2.50 bits per heavy atom. The lowest BCUT2D eigenvalue weighted by Crippen LogP contribution is -2.34. The Balaban J connectivity index is 2.48. The third-order valence-electron chi connectivity index (χ3n) is 1.96. The van der Waals surface area contributed by atoms with Gasteiger partial charge in [0.15, 0.2) is 11.8 Å². The second-order valence-corrected chi connectivity index (χ2v) is 4.82. The molecule has 1 aromatic heterocycles. The van der Waals surface area contributed by atoms with Gasteiger partial charge in [-0.2, -0.15) is 4.98 Å². The summed E-state index contributed by atoms with van der Waals surface area (Å²) in [5, 5.41) is 0.521. The molecule has 0 radical (unpaired) electrons. The highest BCUT2D eigenvalue weighted by Crippen LogP contribution is 2.32. The first-order valence-electron chi connectivity index (χ1n) is 4.80. The number of halogens is 2. The number of aromatic nitrogens is 1. The number of hydrogen-bond acceptors (Lipinski definition) is 4. The molecule has 0 aliphatic rings. The highest BCUT2D eigenvalue weighted by atomic mass is 35.5. The van der Waals surface area contributed by atoms with Crippen LogP contribution in [-0.2, 0) is 4.79 Å². The van der Waals surface area contributed by atoms with Crippen LogP contribution < -0.4 is 4.74 Å². The monoisotopic (exact) mass is 282 g/mol. The van der Waals surface area contributed by atoms with Crippen molar-refractivity contribution in [2.75, 3.05) is 19.7 Å². The second-order valence-electron chi connectivity index (χ2n) is 2.90. The minimum atomic E-state index is -0.0764. The maximum atomic E-state index is 11.6. The molecule has 0 saturated carbocycles. The van der Waals surface area contributed by atoms with Crippen LogP contribution >= 0.6 is 34.5 Å². The van der Waals surface area contributed by atoms with E-state index in [-0.39, 0.29) is 17.7 Å². The molecule has 7 heteroatoms. The van der Waals surface area contributed by atoms with E-state index in [1.807, 2.05) is 13.8 Å². The first-order valence-corrected chi connectivity index (χ1v) is 6.38. The third-order valence-corrected chi connectivity index (χ3v) is 3.61. The van der Waals surface area contributed by atoms with E-state index in [9.17, 15) is 4.79 Å². The van der Waals surface area contributed by atoms with Gasteiger partial charge in [-0.05, 0) is 13.8 Å². The minimum Gasteiger partial charge on any atom is -0.460 e. The van der Waals surface area contributed by atoms with Crippen molar-refractivity contribution in [2.45, 2.75) is 13.8 Å². The zero-order chi connectivity index (χ0) is 12.1. The predicted molar refractivity (Wildman–Crippen MR) is 65.6 cm³/mol. The number of thiazole rings is 1. The zero-order valence-corrected chi connectivity index (χ0v) is 11.3. The van der Waals surface area contributed by atoms with Gasteiger partial charge >= 0.3 is 0 Å². The summed E-state index contributed by atoms with van der Waals surface area (Å²) in [4.78, 5) is 17.1. The molecular formula is C9H12Cl2N2O2S. The number of likely N-dealkylation sites (N-methyl/N-ethyl adjacent to an activating group) is 1. The molecule has 1 rings (SSSR count). The summed E-state index contributed by atoms with van der Waals surface area (Å²) in [6, 6.07) is 0. The van der Waals surface area contributed by atoms with Crippen molar-refractivity contribution < 1.29 is 9.53 Å². The zero-order valence-electron chi connectivity index (χ0n) is 9.00. The highest BCUT2D eigenvalue weighted by Gasteiger charge is 2.13. The van der Waals surface area contributed by atoms with Crippen LogP contribution in [-0.4, -0.2) is 35.5 Å². The van der Waals surface area contributed by atoms with Crippen LogP contribution in [0.1, 0.15) is 13.8 Å². The molecule has 0 aromatic carbocycles. The van der Waals surface area contributed by atoms with Gasteiger partial charge in [0.2, 0.25) is 0 Å². The van der Waals surface area contributed by atoms with Crippen molar-refractivity contribution in [1.82, 2.24) is 9.88 Å². The standard InChI is InChI=1S/C9H12Cl2N2O2S/c1-3-13(4-2)6(14)5-15-9-12-7(10)8(11)16-9/h3-5H2,1-2H3. The summed E-state index contributed by atoms with van der Waals surface area (Å²) >= 11 is 12.5. The highest BCUT2D eigenvalue weighted by molar-refractivity contribution is 7.18. The number of hydrogen-bond donors (Lipinski definition) is 0. The quantitative estimate of drug-likeness (QED) is 0.834.